The number of hydrogen-bond donors (Lipinski definition) is 0. The highest BCUT2D eigenvalue weighted by atomic mass is 16.6. The van der Waals surface area contributed by atoms with E-state index in [0.717, 1.165) is 38.7 Å². The van der Waals surface area contributed by atoms with Gasteiger partial charge in [0.2, 0.25) is 0 Å². The van der Waals surface area contributed by atoms with Gasteiger partial charge in [0.1, 0.15) is 0 Å². The molecular weight excluding hydrogens is 286 g/mol. The topological polar surface area (TPSA) is 85.7 Å². The number of ether oxygens (including phenoxy) is 4. The normalized spacial score (nSPS) is 10.6. The van der Waals surface area contributed by atoms with Gasteiger partial charge in [-0.2, -0.15) is 0 Å². The van der Waals surface area contributed by atoms with Crippen LogP contribution in [-0.2, 0) is 18.9 Å². The van der Waals surface area contributed by atoms with E-state index in [-0.39, 0.29) is 0 Å². The molecule has 0 aromatic rings. The minimum atomic E-state index is 0.532. The third-order valence-electron chi connectivity index (χ3n) is 2.72. The first-order valence-electron chi connectivity index (χ1n) is 7.93. The van der Waals surface area contributed by atoms with Crippen LogP contribution in [0.5, 0.6) is 0 Å². The Morgan fingerprint density at radius 2 is 1.14 bits per heavy atom. The Kier molecular flexibility index (Phi) is 19.4. The maximum absolute atomic E-state index is 8.09. The Hall–Kier alpha value is -0.850. The quantitative estimate of drug-likeness (QED) is 0.168. The largest absolute Gasteiger partial charge is 0.379 e. The molecule has 0 saturated carbocycles. The van der Waals surface area contributed by atoms with E-state index in [0.29, 0.717) is 52.8 Å². The van der Waals surface area contributed by atoms with E-state index >= 15 is 0 Å². The number of unbranched alkanes of at least 4 members (excludes halogenated alkanes) is 3. The monoisotopic (exact) mass is 315 g/mol. The second kappa shape index (κ2) is 20.1. The highest BCUT2D eigenvalue weighted by Gasteiger charge is 1.93. The van der Waals surface area contributed by atoms with Crippen LogP contribution in [0.3, 0.4) is 0 Å². The fourth-order valence-electron chi connectivity index (χ4n) is 1.54. The molecule has 0 fully saturated rings. The van der Waals surface area contributed by atoms with Gasteiger partial charge in [0.25, 0.3) is 0 Å². The molecule has 0 bridgehead atoms. The van der Waals surface area contributed by atoms with Gasteiger partial charge < -0.3 is 18.9 Å². The van der Waals surface area contributed by atoms with Crippen LogP contribution in [0.2, 0.25) is 0 Å². The minimum absolute atomic E-state index is 0.532. The summed E-state index contributed by atoms with van der Waals surface area (Å²) >= 11 is 0. The van der Waals surface area contributed by atoms with E-state index in [1.54, 1.807) is 0 Å². The fourth-order valence-corrected chi connectivity index (χ4v) is 1.54. The summed E-state index contributed by atoms with van der Waals surface area (Å²) in [6.07, 6.45) is 4.48. The van der Waals surface area contributed by atoms with Gasteiger partial charge in [-0.1, -0.05) is 11.5 Å². The van der Waals surface area contributed by atoms with Crippen molar-refractivity contribution in [3.8, 4) is 0 Å². The molecule has 0 saturated heterocycles. The van der Waals surface area contributed by atoms with Crippen LogP contribution in [0.4, 0.5) is 0 Å². The number of nitrogens with zero attached hydrogens (tertiary/aromatic N) is 3. The standard InChI is InChI=1S/C15H29N3O4/c1-2-3-5-8-19-10-12-21-14-15-22-13-11-20-9-6-4-7-17-18-16/h1H,2-15H2. The lowest BCUT2D eigenvalue weighted by atomic mass is 10.3. The predicted molar refractivity (Wildman–Crippen MR) is 84.7 cm³/mol. The molecule has 0 heterocycles. The van der Waals surface area contributed by atoms with Crippen molar-refractivity contribution >= 4 is 0 Å². The van der Waals surface area contributed by atoms with Crippen molar-refractivity contribution in [1.29, 1.82) is 0 Å². The number of rotatable bonds is 18. The Bertz CT molecular complexity index is 261. The molecule has 0 unspecified atom stereocenters. The van der Waals surface area contributed by atoms with Gasteiger partial charge in [-0.15, -0.1) is 0 Å². The molecule has 7 nitrogen and oxygen atoms in total. The number of hydrogen-bond acceptors (Lipinski definition) is 5. The maximum atomic E-state index is 8.09. The highest BCUT2D eigenvalue weighted by molar-refractivity contribution is 4.47. The third-order valence-corrected chi connectivity index (χ3v) is 2.72. The molecule has 2 radical (unpaired) electrons. The summed E-state index contributed by atoms with van der Waals surface area (Å²) in [7, 11) is 0. The van der Waals surface area contributed by atoms with Gasteiger partial charge in [-0.25, -0.2) is 0 Å². The van der Waals surface area contributed by atoms with Gasteiger partial charge in [-0.3, -0.25) is 0 Å². The summed E-state index contributed by atoms with van der Waals surface area (Å²) < 4.78 is 21.5. The summed E-state index contributed by atoms with van der Waals surface area (Å²) in [4.78, 5) is 2.69. The molecule has 0 aliphatic heterocycles. The molecule has 0 aromatic carbocycles. The maximum Gasteiger partial charge on any atom is 0.0701 e. The smallest absolute Gasteiger partial charge is 0.0701 e. The van der Waals surface area contributed by atoms with Crippen molar-refractivity contribution < 1.29 is 18.9 Å². The van der Waals surface area contributed by atoms with Crippen molar-refractivity contribution in [2.45, 2.75) is 32.1 Å². The van der Waals surface area contributed by atoms with Crippen molar-refractivity contribution in [1.82, 2.24) is 0 Å². The molecule has 0 N–H and O–H groups in total. The lowest BCUT2D eigenvalue weighted by molar-refractivity contribution is -0.00236. The summed E-state index contributed by atoms with van der Waals surface area (Å²) in [6.45, 7) is 10.8. The minimum Gasteiger partial charge on any atom is -0.379 e. The first-order chi connectivity index (χ1) is 10.9. The van der Waals surface area contributed by atoms with Gasteiger partial charge >= 0.3 is 0 Å². The molecule has 128 valence electrons. The lowest BCUT2D eigenvalue weighted by Crippen LogP contribution is -2.12. The molecule has 0 atom stereocenters. The lowest BCUT2D eigenvalue weighted by Gasteiger charge is -2.07. The summed E-state index contributed by atoms with van der Waals surface area (Å²) in [6, 6.07) is 0. The molecular formula is C15H29N3O4. The zero-order chi connectivity index (χ0) is 16.1. The van der Waals surface area contributed by atoms with E-state index in [9.17, 15) is 0 Å². The van der Waals surface area contributed by atoms with Crippen LogP contribution in [0, 0.1) is 6.92 Å². The molecule has 0 spiro atoms. The molecule has 0 rings (SSSR count). The van der Waals surface area contributed by atoms with Crippen LogP contribution in [0.1, 0.15) is 32.1 Å². The SMILES string of the molecule is [CH]CCCCOCCOCCOCCOCCCCN=[N+]=[N-]. The van der Waals surface area contributed by atoms with E-state index in [1.807, 2.05) is 0 Å². The zero-order valence-corrected chi connectivity index (χ0v) is 13.5. The molecule has 0 aliphatic rings. The molecule has 0 aromatic heterocycles. The zero-order valence-electron chi connectivity index (χ0n) is 13.5. The van der Waals surface area contributed by atoms with Gasteiger partial charge in [0.05, 0.1) is 39.6 Å². The van der Waals surface area contributed by atoms with Gasteiger partial charge in [0.15, 0.2) is 0 Å². The molecule has 22 heavy (non-hydrogen) atoms. The van der Waals surface area contributed by atoms with Crippen molar-refractivity contribution in [3.63, 3.8) is 0 Å². The van der Waals surface area contributed by atoms with E-state index in [4.69, 9.17) is 31.4 Å². The van der Waals surface area contributed by atoms with Crippen LogP contribution >= 0.6 is 0 Å². The fraction of sp³-hybridized carbons (Fsp3) is 0.933. The third kappa shape index (κ3) is 19.1. The van der Waals surface area contributed by atoms with Crippen LogP contribution in [0.15, 0.2) is 5.11 Å². The summed E-state index contributed by atoms with van der Waals surface area (Å²) in [5.41, 5.74) is 8.09. The molecule has 0 amide bonds. The summed E-state index contributed by atoms with van der Waals surface area (Å²) in [5, 5.41) is 3.45. The highest BCUT2D eigenvalue weighted by Crippen LogP contribution is 1.94. The summed E-state index contributed by atoms with van der Waals surface area (Å²) in [5.74, 6) is 0. The second-order valence-electron chi connectivity index (χ2n) is 4.61. The Labute approximate surface area is 133 Å². The van der Waals surface area contributed by atoms with Crippen molar-refractivity contribution in [3.05, 3.63) is 17.4 Å². The van der Waals surface area contributed by atoms with Crippen LogP contribution in [-0.4, -0.2) is 59.4 Å². The average molecular weight is 315 g/mol. The van der Waals surface area contributed by atoms with Crippen molar-refractivity contribution in [2.75, 3.05) is 59.4 Å². The van der Waals surface area contributed by atoms with E-state index in [2.05, 4.69) is 10.0 Å². The average Bonchev–Trinajstić information content (AvgIpc) is 2.54. The second-order valence-corrected chi connectivity index (χ2v) is 4.61. The van der Waals surface area contributed by atoms with Gasteiger partial charge in [0, 0.05) is 24.7 Å². The molecule has 7 heteroatoms. The predicted octanol–water partition coefficient (Wildman–Crippen LogP) is 3.02. The van der Waals surface area contributed by atoms with Crippen molar-refractivity contribution in [2.24, 2.45) is 5.11 Å². The van der Waals surface area contributed by atoms with E-state index < -0.39 is 0 Å². The van der Waals surface area contributed by atoms with Crippen LogP contribution < -0.4 is 0 Å². The van der Waals surface area contributed by atoms with E-state index in [1.165, 1.54) is 0 Å². The molecule has 0 aliphatic carbocycles. The number of azide groups is 1. The van der Waals surface area contributed by atoms with Crippen LogP contribution in [0.25, 0.3) is 10.4 Å². The first kappa shape index (κ1) is 21.1. The Balaban J connectivity index is 2.95. The first-order valence-corrected chi connectivity index (χ1v) is 7.93. The Morgan fingerprint density at radius 3 is 1.59 bits per heavy atom. The van der Waals surface area contributed by atoms with Gasteiger partial charge in [-0.05, 0) is 38.1 Å². The Morgan fingerprint density at radius 1 is 0.682 bits per heavy atom.